The third-order valence-electron chi connectivity index (χ3n) is 2.56. The molecule has 1 saturated heterocycles. The molecule has 0 aromatic rings. The van der Waals surface area contributed by atoms with Crippen molar-refractivity contribution in [2.24, 2.45) is 0 Å². The second-order valence-electron chi connectivity index (χ2n) is 4.47. The molecule has 1 aliphatic heterocycles. The predicted octanol–water partition coefficient (Wildman–Crippen LogP) is -0.313. The zero-order valence-corrected chi connectivity index (χ0v) is 10.3. The van der Waals surface area contributed by atoms with Crippen LogP contribution in [0.3, 0.4) is 0 Å². The Balaban J connectivity index is 2.37. The van der Waals surface area contributed by atoms with Gasteiger partial charge in [-0.1, -0.05) is 13.8 Å². The summed E-state index contributed by atoms with van der Waals surface area (Å²) in [6, 6.07) is 0.259. The number of hydrogen-bond acceptors (Lipinski definition) is 4. The molecule has 6 heteroatoms. The smallest absolute Gasteiger partial charge is 0.306 e. The molecule has 98 valence electrons. The average molecular weight is 244 g/mol. The third kappa shape index (κ3) is 5.14. The summed E-state index contributed by atoms with van der Waals surface area (Å²) in [6.07, 6.45) is -0.439. The van der Waals surface area contributed by atoms with Gasteiger partial charge in [0.25, 0.3) is 0 Å². The van der Waals surface area contributed by atoms with Crippen molar-refractivity contribution < 1.29 is 19.4 Å². The van der Waals surface area contributed by atoms with Gasteiger partial charge in [-0.2, -0.15) is 0 Å². The summed E-state index contributed by atoms with van der Waals surface area (Å²) in [5.74, 6) is -0.901. The van der Waals surface area contributed by atoms with E-state index in [-0.39, 0.29) is 31.0 Å². The lowest BCUT2D eigenvalue weighted by atomic mass is 10.2. The van der Waals surface area contributed by atoms with Crippen molar-refractivity contribution in [2.75, 3.05) is 26.2 Å². The molecular weight excluding hydrogens is 224 g/mol. The molecule has 0 radical (unpaired) electrons. The summed E-state index contributed by atoms with van der Waals surface area (Å²) in [5.41, 5.74) is 0. The molecule has 0 bridgehead atoms. The maximum absolute atomic E-state index is 11.8. The summed E-state index contributed by atoms with van der Waals surface area (Å²) >= 11 is 0. The molecule has 17 heavy (non-hydrogen) atoms. The van der Waals surface area contributed by atoms with Gasteiger partial charge in [-0.15, -0.1) is 0 Å². The highest BCUT2D eigenvalue weighted by molar-refractivity contribution is 5.78. The largest absolute Gasteiger partial charge is 0.481 e. The van der Waals surface area contributed by atoms with Crippen LogP contribution in [-0.2, 0) is 14.3 Å². The molecule has 1 rings (SSSR count). The predicted molar refractivity (Wildman–Crippen MR) is 61.7 cm³/mol. The first-order chi connectivity index (χ1) is 7.99. The highest BCUT2D eigenvalue weighted by Gasteiger charge is 2.25. The Bertz CT molecular complexity index is 281. The van der Waals surface area contributed by atoms with Crippen molar-refractivity contribution in [2.45, 2.75) is 32.4 Å². The Kier molecular flexibility index (Phi) is 5.37. The number of carboxylic acids is 1. The SMILES string of the molecule is CC(C)NCC(=O)N1CCOC(CC(=O)O)C1. The molecule has 1 unspecified atom stereocenters. The highest BCUT2D eigenvalue weighted by atomic mass is 16.5. The van der Waals surface area contributed by atoms with E-state index in [4.69, 9.17) is 9.84 Å². The molecule has 1 aliphatic rings. The summed E-state index contributed by atoms with van der Waals surface area (Å²) in [6.45, 7) is 5.54. The molecule has 1 amide bonds. The molecule has 2 N–H and O–H groups in total. The van der Waals surface area contributed by atoms with Gasteiger partial charge in [-0.25, -0.2) is 0 Å². The van der Waals surface area contributed by atoms with Crippen LogP contribution < -0.4 is 5.32 Å². The lowest BCUT2D eigenvalue weighted by molar-refractivity contribution is -0.147. The maximum Gasteiger partial charge on any atom is 0.306 e. The second-order valence-corrected chi connectivity index (χ2v) is 4.47. The van der Waals surface area contributed by atoms with E-state index in [0.717, 1.165) is 0 Å². The number of morpholine rings is 1. The molecule has 0 aliphatic carbocycles. The van der Waals surface area contributed by atoms with Crippen LogP contribution in [0.5, 0.6) is 0 Å². The van der Waals surface area contributed by atoms with Crippen molar-refractivity contribution in [3.8, 4) is 0 Å². The molecular formula is C11H20N2O4. The number of nitrogens with one attached hydrogen (secondary N) is 1. The number of ether oxygens (including phenoxy) is 1. The number of amides is 1. The Labute approximate surface area is 101 Å². The van der Waals surface area contributed by atoms with Crippen molar-refractivity contribution >= 4 is 11.9 Å². The van der Waals surface area contributed by atoms with E-state index in [1.165, 1.54) is 0 Å². The van der Waals surface area contributed by atoms with E-state index in [1.807, 2.05) is 13.8 Å². The first-order valence-corrected chi connectivity index (χ1v) is 5.83. The summed E-state index contributed by atoms with van der Waals surface area (Å²) < 4.78 is 5.30. The van der Waals surface area contributed by atoms with E-state index < -0.39 is 5.97 Å². The zero-order chi connectivity index (χ0) is 12.8. The highest BCUT2D eigenvalue weighted by Crippen LogP contribution is 2.08. The molecule has 1 atom stereocenters. The normalized spacial score (nSPS) is 20.6. The van der Waals surface area contributed by atoms with Crippen LogP contribution in [0.1, 0.15) is 20.3 Å². The first kappa shape index (κ1) is 13.9. The van der Waals surface area contributed by atoms with Crippen LogP contribution in [0, 0.1) is 0 Å². The van der Waals surface area contributed by atoms with Gasteiger partial charge in [0.1, 0.15) is 0 Å². The molecule has 1 heterocycles. The van der Waals surface area contributed by atoms with Crippen LogP contribution in [-0.4, -0.2) is 60.3 Å². The Hall–Kier alpha value is -1.14. The van der Waals surface area contributed by atoms with Crippen LogP contribution in [0.2, 0.25) is 0 Å². The maximum atomic E-state index is 11.8. The van der Waals surface area contributed by atoms with Crippen LogP contribution in [0.15, 0.2) is 0 Å². The number of nitrogens with zero attached hydrogens (tertiary/aromatic N) is 1. The van der Waals surface area contributed by atoms with E-state index in [1.54, 1.807) is 4.90 Å². The lowest BCUT2D eigenvalue weighted by Crippen LogP contribution is -2.49. The topological polar surface area (TPSA) is 78.9 Å². The Morgan fingerprint density at radius 2 is 2.24 bits per heavy atom. The van der Waals surface area contributed by atoms with Gasteiger partial charge in [0, 0.05) is 19.1 Å². The minimum absolute atomic E-state index is 0.00242. The number of rotatable bonds is 5. The van der Waals surface area contributed by atoms with Gasteiger partial charge >= 0.3 is 5.97 Å². The molecule has 0 aromatic carbocycles. The van der Waals surface area contributed by atoms with E-state index in [0.29, 0.717) is 19.7 Å². The van der Waals surface area contributed by atoms with Gasteiger partial charge in [-0.05, 0) is 0 Å². The first-order valence-electron chi connectivity index (χ1n) is 5.83. The van der Waals surface area contributed by atoms with E-state index in [9.17, 15) is 9.59 Å². The van der Waals surface area contributed by atoms with Crippen molar-refractivity contribution in [1.29, 1.82) is 0 Å². The third-order valence-corrected chi connectivity index (χ3v) is 2.56. The molecule has 0 aromatic heterocycles. The number of carbonyl (C=O) groups is 2. The number of hydrogen-bond donors (Lipinski definition) is 2. The van der Waals surface area contributed by atoms with Crippen molar-refractivity contribution in [1.82, 2.24) is 10.2 Å². The summed E-state index contributed by atoms with van der Waals surface area (Å²) in [7, 11) is 0. The van der Waals surface area contributed by atoms with Gasteiger partial charge in [-0.3, -0.25) is 9.59 Å². The van der Waals surface area contributed by atoms with Crippen LogP contribution >= 0.6 is 0 Å². The standard InChI is InChI=1S/C11H20N2O4/c1-8(2)12-6-10(14)13-3-4-17-9(7-13)5-11(15)16/h8-9,12H,3-7H2,1-2H3,(H,15,16). The molecule has 6 nitrogen and oxygen atoms in total. The average Bonchev–Trinajstić information content (AvgIpc) is 2.25. The number of aliphatic carboxylic acids is 1. The fourth-order valence-corrected chi connectivity index (χ4v) is 1.67. The minimum atomic E-state index is -0.899. The molecule has 1 fully saturated rings. The van der Waals surface area contributed by atoms with E-state index >= 15 is 0 Å². The van der Waals surface area contributed by atoms with Crippen molar-refractivity contribution in [3.05, 3.63) is 0 Å². The number of carbonyl (C=O) groups excluding carboxylic acids is 1. The van der Waals surface area contributed by atoms with Crippen LogP contribution in [0.25, 0.3) is 0 Å². The summed E-state index contributed by atoms with van der Waals surface area (Å²) in [4.78, 5) is 24.0. The Morgan fingerprint density at radius 1 is 1.53 bits per heavy atom. The van der Waals surface area contributed by atoms with Gasteiger partial charge in [0.05, 0.1) is 25.7 Å². The zero-order valence-electron chi connectivity index (χ0n) is 10.3. The molecule has 0 spiro atoms. The second kappa shape index (κ2) is 6.56. The number of carboxylic acid groups (broad SMARTS) is 1. The fraction of sp³-hybridized carbons (Fsp3) is 0.818. The van der Waals surface area contributed by atoms with Gasteiger partial charge < -0.3 is 20.1 Å². The van der Waals surface area contributed by atoms with Crippen molar-refractivity contribution in [3.63, 3.8) is 0 Å². The fourth-order valence-electron chi connectivity index (χ4n) is 1.67. The summed E-state index contributed by atoms with van der Waals surface area (Å²) in [5, 5.41) is 11.7. The van der Waals surface area contributed by atoms with Gasteiger partial charge in [0.2, 0.25) is 5.91 Å². The molecule has 0 saturated carbocycles. The minimum Gasteiger partial charge on any atom is -0.481 e. The van der Waals surface area contributed by atoms with E-state index in [2.05, 4.69) is 5.32 Å². The lowest BCUT2D eigenvalue weighted by Gasteiger charge is -2.32. The Morgan fingerprint density at radius 3 is 2.82 bits per heavy atom. The quantitative estimate of drug-likeness (QED) is 0.693. The monoisotopic (exact) mass is 244 g/mol. The van der Waals surface area contributed by atoms with Crippen LogP contribution in [0.4, 0.5) is 0 Å². The van der Waals surface area contributed by atoms with Gasteiger partial charge in [0.15, 0.2) is 0 Å².